The lowest BCUT2D eigenvalue weighted by Crippen LogP contribution is -2.11. The van der Waals surface area contributed by atoms with Gasteiger partial charge in [0.05, 0.1) is 11.9 Å². The van der Waals surface area contributed by atoms with Crippen LogP contribution < -0.4 is 10.0 Å². The first-order chi connectivity index (χ1) is 11.4. The van der Waals surface area contributed by atoms with Gasteiger partial charge in [0.25, 0.3) is 10.0 Å². The molecule has 124 valence electrons. The highest BCUT2D eigenvalue weighted by atomic mass is 35.5. The molecule has 0 aliphatic heterocycles. The van der Waals surface area contributed by atoms with Crippen molar-refractivity contribution in [3.63, 3.8) is 0 Å². The van der Waals surface area contributed by atoms with Crippen molar-refractivity contribution in [2.24, 2.45) is 0 Å². The fourth-order valence-electron chi connectivity index (χ4n) is 1.97. The Labute approximate surface area is 149 Å². The summed E-state index contributed by atoms with van der Waals surface area (Å²) < 4.78 is 27.3. The molecule has 8 heteroatoms. The maximum absolute atomic E-state index is 12.3. The molecule has 0 radical (unpaired) electrons. The van der Waals surface area contributed by atoms with E-state index in [2.05, 4.69) is 15.0 Å². The molecular weight excluding hydrogens is 366 g/mol. The van der Waals surface area contributed by atoms with Crippen molar-refractivity contribution >= 4 is 50.2 Å². The van der Waals surface area contributed by atoms with Gasteiger partial charge in [0.2, 0.25) is 0 Å². The summed E-state index contributed by atoms with van der Waals surface area (Å²) in [4.78, 5) is 5.15. The van der Waals surface area contributed by atoms with Gasteiger partial charge in [-0.25, -0.2) is 13.4 Å². The number of sulfonamides is 1. The Balaban J connectivity index is 1.71. The molecule has 0 spiro atoms. The molecule has 0 amide bonds. The number of aromatic nitrogens is 1. The van der Waals surface area contributed by atoms with E-state index in [1.54, 1.807) is 36.4 Å². The number of hydrogen-bond acceptors (Lipinski definition) is 5. The van der Waals surface area contributed by atoms with Crippen LogP contribution in [-0.4, -0.2) is 13.4 Å². The van der Waals surface area contributed by atoms with Crippen LogP contribution in [0.5, 0.6) is 0 Å². The lowest BCUT2D eigenvalue weighted by atomic mass is 10.3. The first-order valence-corrected chi connectivity index (χ1v) is 9.68. The number of aryl methyl sites for hydroxylation is 1. The van der Waals surface area contributed by atoms with Gasteiger partial charge in [-0.2, -0.15) is 0 Å². The Morgan fingerprint density at radius 1 is 1.00 bits per heavy atom. The fraction of sp³-hybridized carbons (Fsp3) is 0.0625. The quantitative estimate of drug-likeness (QED) is 0.676. The van der Waals surface area contributed by atoms with E-state index in [-0.39, 0.29) is 4.21 Å². The molecule has 0 aliphatic rings. The molecule has 0 unspecified atom stereocenters. The molecule has 3 rings (SSSR count). The van der Waals surface area contributed by atoms with Crippen molar-refractivity contribution < 1.29 is 8.42 Å². The summed E-state index contributed by atoms with van der Waals surface area (Å²) in [6.07, 6.45) is 1.47. The first kappa shape index (κ1) is 16.8. The Hall–Kier alpha value is -2.09. The van der Waals surface area contributed by atoms with Crippen molar-refractivity contribution in [1.82, 2.24) is 4.98 Å². The Bertz CT molecular complexity index is 936. The maximum Gasteiger partial charge on any atom is 0.271 e. The predicted molar refractivity (Wildman–Crippen MR) is 98.8 cm³/mol. The van der Waals surface area contributed by atoms with Crippen molar-refractivity contribution in [3.8, 4) is 0 Å². The second kappa shape index (κ2) is 6.80. The zero-order chi connectivity index (χ0) is 17.2. The van der Waals surface area contributed by atoms with Crippen LogP contribution in [0.2, 0.25) is 5.02 Å². The van der Waals surface area contributed by atoms with Crippen LogP contribution in [0.1, 0.15) is 4.88 Å². The molecule has 1 aromatic carbocycles. The van der Waals surface area contributed by atoms with Crippen LogP contribution in [0.3, 0.4) is 0 Å². The number of hydrogen-bond donors (Lipinski definition) is 2. The number of halogens is 1. The molecule has 0 saturated heterocycles. The average Bonchev–Trinajstić information content (AvgIpc) is 2.99. The lowest BCUT2D eigenvalue weighted by Gasteiger charge is -2.08. The van der Waals surface area contributed by atoms with Gasteiger partial charge in [0, 0.05) is 15.6 Å². The molecule has 0 saturated carbocycles. The Kier molecular flexibility index (Phi) is 4.75. The van der Waals surface area contributed by atoms with Crippen molar-refractivity contribution in [3.05, 3.63) is 64.6 Å². The fourth-order valence-corrected chi connectivity index (χ4v) is 4.42. The van der Waals surface area contributed by atoms with E-state index >= 15 is 0 Å². The average molecular weight is 380 g/mol. The van der Waals surface area contributed by atoms with Crippen LogP contribution in [0.15, 0.2) is 58.9 Å². The second-order valence-electron chi connectivity index (χ2n) is 5.03. The van der Waals surface area contributed by atoms with Crippen LogP contribution in [-0.2, 0) is 10.0 Å². The first-order valence-electron chi connectivity index (χ1n) is 7.00. The molecule has 24 heavy (non-hydrogen) atoms. The summed E-state index contributed by atoms with van der Waals surface area (Å²) in [7, 11) is -3.58. The van der Waals surface area contributed by atoms with Gasteiger partial charge < -0.3 is 5.32 Å². The van der Waals surface area contributed by atoms with Crippen LogP contribution in [0.4, 0.5) is 17.2 Å². The zero-order valence-corrected chi connectivity index (χ0v) is 15.0. The summed E-state index contributed by atoms with van der Waals surface area (Å²) in [5, 5.41) is 3.77. The van der Waals surface area contributed by atoms with Crippen LogP contribution >= 0.6 is 22.9 Å². The van der Waals surface area contributed by atoms with Gasteiger partial charge in [-0.3, -0.25) is 4.72 Å². The summed E-state index contributed by atoms with van der Waals surface area (Å²) in [6.45, 7) is 1.86. The van der Waals surface area contributed by atoms with Crippen molar-refractivity contribution in [1.29, 1.82) is 0 Å². The third-order valence-electron chi connectivity index (χ3n) is 3.11. The van der Waals surface area contributed by atoms with E-state index in [1.165, 1.54) is 17.5 Å². The summed E-state index contributed by atoms with van der Waals surface area (Å²) in [5.41, 5.74) is 1.25. The minimum atomic E-state index is -3.58. The molecule has 5 nitrogen and oxygen atoms in total. The number of rotatable bonds is 5. The van der Waals surface area contributed by atoms with Crippen molar-refractivity contribution in [2.75, 3.05) is 10.0 Å². The van der Waals surface area contributed by atoms with Gasteiger partial charge >= 0.3 is 0 Å². The predicted octanol–water partition coefficient (Wildman–Crippen LogP) is 4.65. The lowest BCUT2D eigenvalue weighted by molar-refractivity contribution is 0.603. The van der Waals surface area contributed by atoms with Crippen molar-refractivity contribution in [2.45, 2.75) is 11.1 Å². The van der Waals surface area contributed by atoms with E-state index in [0.29, 0.717) is 16.5 Å². The molecule has 2 aromatic heterocycles. The highest BCUT2D eigenvalue weighted by Gasteiger charge is 2.16. The molecule has 3 aromatic rings. The van der Waals surface area contributed by atoms with E-state index in [9.17, 15) is 8.42 Å². The number of pyridine rings is 1. The Morgan fingerprint density at radius 3 is 2.29 bits per heavy atom. The minimum Gasteiger partial charge on any atom is -0.340 e. The number of nitrogens with one attached hydrogen (secondary N) is 2. The second-order valence-corrected chi connectivity index (χ2v) is 8.67. The molecule has 2 heterocycles. The van der Waals surface area contributed by atoms with E-state index < -0.39 is 10.0 Å². The highest BCUT2D eigenvalue weighted by Crippen LogP contribution is 2.24. The minimum absolute atomic E-state index is 0.281. The van der Waals surface area contributed by atoms with E-state index in [1.807, 2.05) is 19.1 Å². The summed E-state index contributed by atoms with van der Waals surface area (Å²) in [6, 6.07) is 13.9. The number of nitrogens with zero attached hydrogens (tertiary/aromatic N) is 1. The van der Waals surface area contributed by atoms with Crippen LogP contribution in [0.25, 0.3) is 0 Å². The van der Waals surface area contributed by atoms with Gasteiger partial charge in [-0.15, -0.1) is 11.3 Å². The SMILES string of the molecule is Cc1ccc(S(=O)(=O)Nc2ccc(Nc3ccc(Cl)cc3)nc2)s1. The summed E-state index contributed by atoms with van der Waals surface area (Å²) in [5.74, 6) is 0.604. The number of benzene rings is 1. The van der Waals surface area contributed by atoms with Gasteiger partial charge in [0.1, 0.15) is 10.0 Å². The standard InChI is InChI=1S/C16H14ClN3O2S2/c1-11-2-9-16(23-11)24(21,22)20-14-7-8-15(18-10-14)19-13-5-3-12(17)4-6-13/h2-10,20H,1H3,(H,18,19). The van der Waals surface area contributed by atoms with Crippen LogP contribution in [0, 0.1) is 6.92 Å². The summed E-state index contributed by atoms with van der Waals surface area (Å²) >= 11 is 7.07. The highest BCUT2D eigenvalue weighted by molar-refractivity contribution is 7.94. The molecule has 0 aliphatic carbocycles. The zero-order valence-electron chi connectivity index (χ0n) is 12.7. The number of thiophene rings is 1. The largest absolute Gasteiger partial charge is 0.340 e. The van der Waals surface area contributed by atoms with Gasteiger partial charge in [0.15, 0.2) is 0 Å². The Morgan fingerprint density at radius 2 is 1.71 bits per heavy atom. The normalized spacial score (nSPS) is 11.2. The topological polar surface area (TPSA) is 71.1 Å². The van der Waals surface area contributed by atoms with E-state index in [4.69, 9.17) is 11.6 Å². The number of anilines is 3. The van der Waals surface area contributed by atoms with Gasteiger partial charge in [-0.1, -0.05) is 11.6 Å². The molecular formula is C16H14ClN3O2S2. The smallest absolute Gasteiger partial charge is 0.271 e. The molecule has 0 fully saturated rings. The molecule has 0 atom stereocenters. The molecule has 2 N–H and O–H groups in total. The monoisotopic (exact) mass is 379 g/mol. The third-order valence-corrected chi connectivity index (χ3v) is 6.24. The van der Waals surface area contributed by atoms with Gasteiger partial charge in [-0.05, 0) is 55.5 Å². The van der Waals surface area contributed by atoms with E-state index in [0.717, 1.165) is 10.6 Å². The third kappa shape index (κ3) is 4.05. The maximum atomic E-state index is 12.3. The molecule has 0 bridgehead atoms.